The van der Waals surface area contributed by atoms with Gasteiger partial charge in [-0.2, -0.15) is 9.97 Å². The molecule has 0 amide bonds. The number of aromatic nitrogens is 4. The summed E-state index contributed by atoms with van der Waals surface area (Å²) >= 11 is 0. The van der Waals surface area contributed by atoms with Gasteiger partial charge in [-0.05, 0) is 59.7 Å². The predicted molar refractivity (Wildman–Crippen MR) is 187 cm³/mol. The summed E-state index contributed by atoms with van der Waals surface area (Å²) in [6.07, 6.45) is 2.09. The van der Waals surface area contributed by atoms with E-state index in [0.717, 1.165) is 22.0 Å². The van der Waals surface area contributed by atoms with Gasteiger partial charge in [0.1, 0.15) is 0 Å². The van der Waals surface area contributed by atoms with E-state index in [-0.39, 0.29) is 0 Å². The number of rotatable bonds is 5. The average Bonchev–Trinajstić information content (AvgIpc) is 3.69. The second-order valence-electron chi connectivity index (χ2n) is 11.3. The minimum atomic E-state index is -1.72. The van der Waals surface area contributed by atoms with Crippen molar-refractivity contribution in [1.29, 1.82) is 0 Å². The molecule has 6 aromatic carbocycles. The molecule has 8 aromatic rings. The molecule has 0 unspecified atom stereocenters. The third kappa shape index (κ3) is 4.06. The second kappa shape index (κ2) is 10.7. The quantitative estimate of drug-likeness (QED) is 0.195. The largest absolute Gasteiger partial charge is 0.285 e. The molecule has 4 nitrogen and oxygen atoms in total. The standard InChI is InChI=1S/C41H28N4S/c1-5-15-29(16-6-1)39-42-40(30-17-7-2-8-18-30)44-41(43-39)45-26-25-31-27-38-35(28-36(31)45)34-23-13-14-24-37(34)46(38,32-19-9-3-10-20-32)33-21-11-4-12-22-33/h1-28H. The van der Waals surface area contributed by atoms with Crippen molar-refractivity contribution in [3.05, 3.63) is 170 Å². The summed E-state index contributed by atoms with van der Waals surface area (Å²) < 4.78 is 2.11. The summed E-state index contributed by atoms with van der Waals surface area (Å²) in [4.78, 5) is 20.4. The molecular formula is C41H28N4S. The molecule has 0 saturated heterocycles. The third-order valence-corrected chi connectivity index (χ3v) is 12.7. The molecule has 0 N–H and O–H groups in total. The van der Waals surface area contributed by atoms with Crippen LogP contribution < -0.4 is 0 Å². The van der Waals surface area contributed by atoms with Gasteiger partial charge < -0.3 is 0 Å². The van der Waals surface area contributed by atoms with E-state index >= 15 is 0 Å². The van der Waals surface area contributed by atoms with E-state index in [2.05, 4.69) is 114 Å². The second-order valence-corrected chi connectivity index (χ2v) is 14.4. The zero-order valence-corrected chi connectivity index (χ0v) is 25.7. The van der Waals surface area contributed by atoms with Crippen LogP contribution in [0.4, 0.5) is 0 Å². The van der Waals surface area contributed by atoms with Crippen molar-refractivity contribution in [2.45, 2.75) is 19.6 Å². The van der Waals surface area contributed by atoms with Crippen LogP contribution in [0.15, 0.2) is 190 Å². The molecular weight excluding hydrogens is 581 g/mol. The zero-order chi connectivity index (χ0) is 30.5. The summed E-state index contributed by atoms with van der Waals surface area (Å²) in [5.74, 6) is 1.89. The SMILES string of the molecule is c1ccc(-c2nc(-c3ccccc3)nc(-n3ccc4cc5c(cc43)-c3ccccc3S5(c3ccccc3)c3ccccc3)n2)cc1. The molecule has 3 heterocycles. The number of hydrogen-bond acceptors (Lipinski definition) is 3. The predicted octanol–water partition coefficient (Wildman–Crippen LogP) is 10.5. The summed E-state index contributed by atoms with van der Waals surface area (Å²) in [5.41, 5.74) is 5.50. The first-order chi connectivity index (χ1) is 22.8. The van der Waals surface area contributed by atoms with E-state index in [1.54, 1.807) is 0 Å². The van der Waals surface area contributed by atoms with Crippen LogP contribution in [0, 0.1) is 0 Å². The van der Waals surface area contributed by atoms with E-state index in [9.17, 15) is 0 Å². The Morgan fingerprint density at radius 3 is 1.54 bits per heavy atom. The molecule has 0 aliphatic carbocycles. The molecule has 0 bridgehead atoms. The first-order valence-electron chi connectivity index (χ1n) is 15.4. The normalized spacial score (nSPS) is 13.7. The first kappa shape index (κ1) is 26.6. The van der Waals surface area contributed by atoms with Gasteiger partial charge in [-0.3, -0.25) is 4.57 Å². The van der Waals surface area contributed by atoms with Crippen LogP contribution in [0.2, 0.25) is 0 Å². The molecule has 9 rings (SSSR count). The minimum absolute atomic E-state index is 0.596. The Balaban J connectivity index is 1.31. The Labute approximate surface area is 269 Å². The van der Waals surface area contributed by atoms with Gasteiger partial charge in [0.05, 0.1) is 5.52 Å². The summed E-state index contributed by atoms with van der Waals surface area (Å²) in [6, 6.07) is 58.2. The van der Waals surface area contributed by atoms with Crippen LogP contribution in [-0.4, -0.2) is 19.5 Å². The maximum Gasteiger partial charge on any atom is 0.238 e. The molecule has 5 heteroatoms. The topological polar surface area (TPSA) is 43.6 Å². The molecule has 1 aliphatic rings. The lowest BCUT2D eigenvalue weighted by molar-refractivity contribution is 0.933. The van der Waals surface area contributed by atoms with Gasteiger partial charge in [-0.25, -0.2) is 4.98 Å². The van der Waals surface area contributed by atoms with Crippen molar-refractivity contribution < 1.29 is 0 Å². The maximum absolute atomic E-state index is 5.03. The molecule has 0 spiro atoms. The highest BCUT2D eigenvalue weighted by Gasteiger charge is 2.42. The van der Waals surface area contributed by atoms with E-state index in [4.69, 9.17) is 15.0 Å². The lowest BCUT2D eigenvalue weighted by Gasteiger charge is -2.39. The van der Waals surface area contributed by atoms with Crippen molar-refractivity contribution in [3.8, 4) is 39.9 Å². The van der Waals surface area contributed by atoms with Gasteiger partial charge in [-0.1, -0.05) is 115 Å². The highest BCUT2D eigenvalue weighted by atomic mass is 32.3. The zero-order valence-electron chi connectivity index (χ0n) is 24.9. The van der Waals surface area contributed by atoms with E-state index < -0.39 is 10.0 Å². The fraction of sp³-hybridized carbons (Fsp3) is 0. The van der Waals surface area contributed by atoms with Gasteiger partial charge in [0, 0.05) is 42.3 Å². The van der Waals surface area contributed by atoms with Crippen molar-refractivity contribution in [1.82, 2.24) is 19.5 Å². The Kier molecular flexibility index (Phi) is 6.18. The van der Waals surface area contributed by atoms with Crippen LogP contribution in [0.25, 0.3) is 50.8 Å². The summed E-state index contributed by atoms with van der Waals surface area (Å²) in [7, 11) is -1.72. The van der Waals surface area contributed by atoms with Crippen molar-refractivity contribution in [2.75, 3.05) is 0 Å². The number of nitrogens with zero attached hydrogens (tertiary/aromatic N) is 4. The maximum atomic E-state index is 5.03. The van der Waals surface area contributed by atoms with Crippen LogP contribution in [0.1, 0.15) is 0 Å². The Morgan fingerprint density at radius 1 is 0.435 bits per heavy atom. The van der Waals surface area contributed by atoms with Gasteiger partial charge in [-0.15, -0.1) is 10.0 Å². The molecule has 1 aliphatic heterocycles. The van der Waals surface area contributed by atoms with Crippen LogP contribution in [0.5, 0.6) is 0 Å². The highest BCUT2D eigenvalue weighted by Crippen LogP contribution is 2.80. The van der Waals surface area contributed by atoms with Gasteiger partial charge in [0.2, 0.25) is 5.95 Å². The molecule has 0 saturated carbocycles. The molecule has 0 atom stereocenters. The highest BCUT2D eigenvalue weighted by molar-refractivity contribution is 8.34. The Bertz CT molecular complexity index is 2250. The molecule has 46 heavy (non-hydrogen) atoms. The van der Waals surface area contributed by atoms with Crippen molar-refractivity contribution in [3.63, 3.8) is 0 Å². The van der Waals surface area contributed by atoms with Crippen molar-refractivity contribution >= 4 is 20.9 Å². The van der Waals surface area contributed by atoms with Crippen LogP contribution in [-0.2, 0) is 0 Å². The molecule has 0 radical (unpaired) electrons. The monoisotopic (exact) mass is 608 g/mol. The van der Waals surface area contributed by atoms with Crippen LogP contribution in [0.3, 0.4) is 0 Å². The number of benzene rings is 6. The fourth-order valence-electron chi connectivity index (χ4n) is 6.67. The molecule has 0 fully saturated rings. The third-order valence-electron chi connectivity index (χ3n) is 8.73. The van der Waals surface area contributed by atoms with Gasteiger partial charge >= 0.3 is 0 Å². The van der Waals surface area contributed by atoms with Gasteiger partial charge in [0.25, 0.3) is 0 Å². The summed E-state index contributed by atoms with van der Waals surface area (Å²) in [5, 5.41) is 1.15. The van der Waals surface area contributed by atoms with E-state index in [1.807, 2.05) is 60.7 Å². The van der Waals surface area contributed by atoms with E-state index in [1.165, 1.54) is 30.7 Å². The average molecular weight is 609 g/mol. The number of fused-ring (bicyclic) bond motifs is 4. The smallest absolute Gasteiger partial charge is 0.238 e. The lowest BCUT2D eigenvalue weighted by atomic mass is 10.0. The first-order valence-corrected chi connectivity index (χ1v) is 17.0. The molecule has 2 aromatic heterocycles. The van der Waals surface area contributed by atoms with Gasteiger partial charge in [0.15, 0.2) is 11.6 Å². The number of hydrogen-bond donors (Lipinski definition) is 0. The minimum Gasteiger partial charge on any atom is -0.285 e. The molecule has 218 valence electrons. The van der Waals surface area contributed by atoms with Crippen molar-refractivity contribution in [2.24, 2.45) is 0 Å². The lowest BCUT2D eigenvalue weighted by Crippen LogP contribution is -2.05. The fourth-order valence-corrected chi connectivity index (χ4v) is 10.9. The summed E-state index contributed by atoms with van der Waals surface area (Å²) in [6.45, 7) is 0. The van der Waals surface area contributed by atoms with E-state index in [0.29, 0.717) is 17.6 Å². The Hall–Kier alpha value is -5.78. The van der Waals surface area contributed by atoms with Crippen LogP contribution >= 0.6 is 10.0 Å². The Morgan fingerprint density at radius 2 is 0.957 bits per heavy atom.